The summed E-state index contributed by atoms with van der Waals surface area (Å²) in [5.74, 6) is 1.60. The molecule has 0 bridgehead atoms. The Morgan fingerprint density at radius 1 is 1.33 bits per heavy atom. The summed E-state index contributed by atoms with van der Waals surface area (Å²) in [6.07, 6.45) is 7.56. The first kappa shape index (κ1) is 9.71. The van der Waals surface area contributed by atoms with Crippen LogP contribution < -0.4 is 5.73 Å². The van der Waals surface area contributed by atoms with Gasteiger partial charge in [-0.1, -0.05) is 6.92 Å². The van der Waals surface area contributed by atoms with E-state index in [-0.39, 0.29) is 0 Å². The molecule has 0 fully saturated rings. The molecule has 0 saturated carbocycles. The van der Waals surface area contributed by atoms with Crippen molar-refractivity contribution < 1.29 is 0 Å². The minimum atomic E-state index is 0.538. The normalized spacial score (nSPS) is 10.5. The molecule has 0 atom stereocenters. The Bertz CT molecular complexity index is 430. The highest BCUT2D eigenvalue weighted by atomic mass is 15.1. The molecule has 4 nitrogen and oxygen atoms in total. The number of aromatic nitrogens is 3. The van der Waals surface area contributed by atoms with E-state index < -0.39 is 0 Å². The number of nitrogens with two attached hydrogens (primary N) is 1. The fraction of sp³-hybridized carbons (Fsp3) is 0.273. The van der Waals surface area contributed by atoms with Gasteiger partial charge in [0.25, 0.3) is 0 Å². The zero-order valence-corrected chi connectivity index (χ0v) is 8.72. The number of nitrogens with zero attached hydrogens (tertiary/aromatic N) is 3. The van der Waals surface area contributed by atoms with Crippen LogP contribution in [0.5, 0.6) is 0 Å². The highest BCUT2D eigenvalue weighted by Crippen LogP contribution is 2.11. The van der Waals surface area contributed by atoms with Crippen molar-refractivity contribution in [3.8, 4) is 5.69 Å². The fourth-order valence-corrected chi connectivity index (χ4v) is 1.52. The number of rotatable bonds is 3. The van der Waals surface area contributed by atoms with Gasteiger partial charge in [-0.15, -0.1) is 0 Å². The van der Waals surface area contributed by atoms with Crippen molar-refractivity contribution in [3.63, 3.8) is 0 Å². The first-order valence-electron chi connectivity index (χ1n) is 5.05. The summed E-state index contributed by atoms with van der Waals surface area (Å²) in [4.78, 5) is 8.37. The Hall–Kier alpha value is -1.84. The van der Waals surface area contributed by atoms with Crippen LogP contribution in [-0.2, 0) is 6.42 Å². The first-order chi connectivity index (χ1) is 7.31. The molecule has 0 radical (unpaired) electrons. The lowest BCUT2D eigenvalue weighted by molar-refractivity contribution is 0.807. The van der Waals surface area contributed by atoms with E-state index in [4.69, 9.17) is 5.73 Å². The van der Waals surface area contributed by atoms with E-state index in [2.05, 4.69) is 16.9 Å². The molecule has 0 unspecified atom stereocenters. The molecule has 0 aliphatic carbocycles. The quantitative estimate of drug-likeness (QED) is 0.825. The van der Waals surface area contributed by atoms with Crippen LogP contribution in [0, 0.1) is 0 Å². The minimum absolute atomic E-state index is 0.538. The molecule has 2 N–H and O–H groups in total. The van der Waals surface area contributed by atoms with Gasteiger partial charge in [0.05, 0.1) is 11.9 Å². The first-order valence-corrected chi connectivity index (χ1v) is 5.05. The number of pyridine rings is 1. The van der Waals surface area contributed by atoms with E-state index in [0.29, 0.717) is 5.82 Å². The third kappa shape index (κ3) is 1.98. The SMILES string of the molecule is CCCc1nccn1-c1ccc(N)nc1. The summed E-state index contributed by atoms with van der Waals surface area (Å²) >= 11 is 0. The van der Waals surface area contributed by atoms with Gasteiger partial charge >= 0.3 is 0 Å². The third-order valence-electron chi connectivity index (χ3n) is 2.24. The van der Waals surface area contributed by atoms with Gasteiger partial charge in [-0.05, 0) is 18.6 Å². The van der Waals surface area contributed by atoms with Crippen LogP contribution in [0.2, 0.25) is 0 Å². The summed E-state index contributed by atoms with van der Waals surface area (Å²) in [7, 11) is 0. The van der Waals surface area contributed by atoms with Crippen LogP contribution in [0.15, 0.2) is 30.7 Å². The highest BCUT2D eigenvalue weighted by molar-refractivity contribution is 5.37. The molecule has 2 rings (SSSR count). The number of hydrogen-bond acceptors (Lipinski definition) is 3. The van der Waals surface area contributed by atoms with Gasteiger partial charge in [0, 0.05) is 18.8 Å². The lowest BCUT2D eigenvalue weighted by Gasteiger charge is -2.06. The second-order valence-corrected chi connectivity index (χ2v) is 3.40. The summed E-state index contributed by atoms with van der Waals surface area (Å²) in [6.45, 7) is 2.14. The number of nitrogen functional groups attached to an aromatic ring is 1. The average molecular weight is 202 g/mol. The van der Waals surface area contributed by atoms with Crippen LogP contribution in [0.3, 0.4) is 0 Å². The summed E-state index contributed by atoms with van der Waals surface area (Å²) in [5, 5.41) is 0. The van der Waals surface area contributed by atoms with Crippen LogP contribution in [0.25, 0.3) is 5.69 Å². The topological polar surface area (TPSA) is 56.7 Å². The summed E-state index contributed by atoms with van der Waals surface area (Å²) < 4.78 is 2.04. The lowest BCUT2D eigenvalue weighted by Crippen LogP contribution is -2.01. The Balaban J connectivity index is 2.36. The van der Waals surface area contributed by atoms with Gasteiger partial charge in [0.1, 0.15) is 11.6 Å². The van der Waals surface area contributed by atoms with Gasteiger partial charge < -0.3 is 10.3 Å². The van der Waals surface area contributed by atoms with Gasteiger partial charge in [0.15, 0.2) is 0 Å². The number of hydrogen-bond donors (Lipinski definition) is 1. The molecule has 78 valence electrons. The zero-order valence-electron chi connectivity index (χ0n) is 8.72. The van der Waals surface area contributed by atoms with E-state index in [1.165, 1.54) is 0 Å². The molecule has 0 saturated heterocycles. The van der Waals surface area contributed by atoms with E-state index in [1.54, 1.807) is 18.5 Å². The molecule has 0 spiro atoms. The molecule has 15 heavy (non-hydrogen) atoms. The maximum absolute atomic E-state index is 5.54. The van der Waals surface area contributed by atoms with Crippen molar-refractivity contribution in [2.75, 3.05) is 5.73 Å². The molecular formula is C11H14N4. The van der Waals surface area contributed by atoms with Gasteiger partial charge in [-0.25, -0.2) is 9.97 Å². The molecule has 0 aliphatic heterocycles. The maximum Gasteiger partial charge on any atom is 0.123 e. The van der Waals surface area contributed by atoms with Crippen LogP contribution in [-0.4, -0.2) is 14.5 Å². The Kier molecular flexibility index (Phi) is 2.67. The van der Waals surface area contributed by atoms with Gasteiger partial charge in [-0.3, -0.25) is 0 Å². The molecule has 0 aliphatic rings. The van der Waals surface area contributed by atoms with Crippen molar-refractivity contribution >= 4 is 5.82 Å². The largest absolute Gasteiger partial charge is 0.384 e. The van der Waals surface area contributed by atoms with Gasteiger partial charge in [-0.2, -0.15) is 0 Å². The summed E-state index contributed by atoms with van der Waals surface area (Å²) in [5.41, 5.74) is 6.55. The van der Waals surface area contributed by atoms with Crippen LogP contribution in [0.4, 0.5) is 5.82 Å². The minimum Gasteiger partial charge on any atom is -0.384 e. The Morgan fingerprint density at radius 3 is 2.87 bits per heavy atom. The van der Waals surface area contributed by atoms with Crippen molar-refractivity contribution in [2.24, 2.45) is 0 Å². The van der Waals surface area contributed by atoms with Crippen LogP contribution >= 0.6 is 0 Å². The Morgan fingerprint density at radius 2 is 2.20 bits per heavy atom. The Labute approximate surface area is 88.8 Å². The predicted molar refractivity (Wildman–Crippen MR) is 59.8 cm³/mol. The van der Waals surface area contributed by atoms with E-state index >= 15 is 0 Å². The maximum atomic E-state index is 5.54. The zero-order chi connectivity index (χ0) is 10.7. The third-order valence-corrected chi connectivity index (χ3v) is 2.24. The molecular weight excluding hydrogens is 188 g/mol. The number of imidazole rings is 1. The second-order valence-electron chi connectivity index (χ2n) is 3.40. The van der Waals surface area contributed by atoms with Crippen molar-refractivity contribution in [3.05, 3.63) is 36.5 Å². The molecule has 2 aromatic rings. The second kappa shape index (κ2) is 4.13. The smallest absolute Gasteiger partial charge is 0.123 e. The average Bonchev–Trinajstić information content (AvgIpc) is 2.68. The molecule has 2 aromatic heterocycles. The van der Waals surface area contributed by atoms with E-state index in [9.17, 15) is 0 Å². The lowest BCUT2D eigenvalue weighted by atomic mass is 10.3. The van der Waals surface area contributed by atoms with Crippen molar-refractivity contribution in [1.29, 1.82) is 0 Å². The standard InChI is InChI=1S/C11H14N4/c1-2-3-11-13-6-7-15(11)9-4-5-10(12)14-8-9/h4-8H,2-3H2,1H3,(H2,12,14). The summed E-state index contributed by atoms with van der Waals surface area (Å²) in [6, 6.07) is 3.74. The number of aryl methyl sites for hydroxylation is 1. The molecule has 0 amide bonds. The predicted octanol–water partition coefficient (Wildman–Crippen LogP) is 1.80. The van der Waals surface area contributed by atoms with Crippen molar-refractivity contribution in [2.45, 2.75) is 19.8 Å². The molecule has 2 heterocycles. The number of anilines is 1. The van der Waals surface area contributed by atoms with Gasteiger partial charge in [0.2, 0.25) is 0 Å². The van der Waals surface area contributed by atoms with Crippen molar-refractivity contribution in [1.82, 2.24) is 14.5 Å². The highest BCUT2D eigenvalue weighted by Gasteiger charge is 2.03. The fourth-order valence-electron chi connectivity index (χ4n) is 1.52. The molecule has 4 heteroatoms. The van der Waals surface area contributed by atoms with E-state index in [1.807, 2.05) is 16.8 Å². The molecule has 0 aromatic carbocycles. The van der Waals surface area contributed by atoms with Crippen LogP contribution in [0.1, 0.15) is 19.2 Å². The monoisotopic (exact) mass is 202 g/mol. The van der Waals surface area contributed by atoms with E-state index in [0.717, 1.165) is 24.4 Å².